The quantitative estimate of drug-likeness (QED) is 0.912. The minimum absolute atomic E-state index is 0.452. The minimum Gasteiger partial charge on any atom is -0.487 e. The first-order valence-corrected chi connectivity index (χ1v) is 6.94. The third-order valence-corrected chi connectivity index (χ3v) is 3.45. The van der Waals surface area contributed by atoms with Crippen LogP contribution in [0, 0.1) is 6.92 Å². The highest BCUT2D eigenvalue weighted by molar-refractivity contribution is 5.37. The maximum atomic E-state index is 9.56. The SMILES string of the molecule is CCc1cc(COc2ccc(C(C)O)cc2C)n(C)n1. The van der Waals surface area contributed by atoms with Crippen molar-refractivity contribution < 1.29 is 9.84 Å². The maximum Gasteiger partial charge on any atom is 0.130 e. The number of hydrogen-bond acceptors (Lipinski definition) is 3. The van der Waals surface area contributed by atoms with Gasteiger partial charge < -0.3 is 9.84 Å². The summed E-state index contributed by atoms with van der Waals surface area (Å²) < 4.78 is 7.71. The van der Waals surface area contributed by atoms with E-state index in [9.17, 15) is 5.11 Å². The van der Waals surface area contributed by atoms with Crippen LogP contribution in [0.5, 0.6) is 5.75 Å². The number of aliphatic hydroxyl groups excluding tert-OH is 1. The van der Waals surface area contributed by atoms with Gasteiger partial charge in [-0.25, -0.2) is 0 Å². The Morgan fingerprint density at radius 3 is 2.65 bits per heavy atom. The molecular formula is C16H22N2O2. The zero-order valence-electron chi connectivity index (χ0n) is 12.6. The van der Waals surface area contributed by atoms with E-state index in [2.05, 4.69) is 18.1 Å². The first kappa shape index (κ1) is 14.6. The topological polar surface area (TPSA) is 47.3 Å². The van der Waals surface area contributed by atoms with Gasteiger partial charge in [0.2, 0.25) is 0 Å². The molecule has 0 bridgehead atoms. The molecule has 0 fully saturated rings. The number of nitrogens with zero attached hydrogens (tertiary/aromatic N) is 2. The number of benzene rings is 1. The van der Waals surface area contributed by atoms with Crippen LogP contribution in [0.25, 0.3) is 0 Å². The molecular weight excluding hydrogens is 252 g/mol. The standard InChI is InChI=1S/C16H22N2O2/c1-5-14-9-15(18(4)17-14)10-20-16-7-6-13(12(3)19)8-11(16)2/h6-9,12,19H,5,10H2,1-4H3. The lowest BCUT2D eigenvalue weighted by Gasteiger charge is -2.12. The van der Waals surface area contributed by atoms with Crippen LogP contribution in [0.4, 0.5) is 0 Å². The molecule has 1 heterocycles. The lowest BCUT2D eigenvalue weighted by atomic mass is 10.1. The van der Waals surface area contributed by atoms with Crippen molar-refractivity contribution in [3.05, 3.63) is 46.8 Å². The Hall–Kier alpha value is -1.81. The third-order valence-electron chi connectivity index (χ3n) is 3.45. The molecule has 1 atom stereocenters. The normalized spacial score (nSPS) is 12.4. The molecule has 1 aromatic heterocycles. The highest BCUT2D eigenvalue weighted by Crippen LogP contribution is 2.23. The van der Waals surface area contributed by atoms with Crippen LogP contribution in [0.3, 0.4) is 0 Å². The molecule has 4 nitrogen and oxygen atoms in total. The van der Waals surface area contributed by atoms with Gasteiger partial charge in [-0.2, -0.15) is 5.10 Å². The van der Waals surface area contributed by atoms with Gasteiger partial charge in [0.05, 0.1) is 17.5 Å². The van der Waals surface area contributed by atoms with Crippen molar-refractivity contribution in [1.82, 2.24) is 9.78 Å². The zero-order chi connectivity index (χ0) is 14.7. The molecule has 0 radical (unpaired) electrons. The smallest absolute Gasteiger partial charge is 0.130 e. The van der Waals surface area contributed by atoms with E-state index in [4.69, 9.17) is 4.74 Å². The highest BCUT2D eigenvalue weighted by atomic mass is 16.5. The van der Waals surface area contributed by atoms with Crippen molar-refractivity contribution in [2.45, 2.75) is 39.9 Å². The molecule has 4 heteroatoms. The van der Waals surface area contributed by atoms with E-state index in [1.165, 1.54) is 0 Å². The van der Waals surface area contributed by atoms with Crippen molar-refractivity contribution in [3.63, 3.8) is 0 Å². The molecule has 0 amide bonds. The summed E-state index contributed by atoms with van der Waals surface area (Å²) in [4.78, 5) is 0. The van der Waals surface area contributed by atoms with Gasteiger partial charge in [0.25, 0.3) is 0 Å². The van der Waals surface area contributed by atoms with Crippen LogP contribution >= 0.6 is 0 Å². The second-order valence-corrected chi connectivity index (χ2v) is 5.09. The van der Waals surface area contributed by atoms with Crippen LogP contribution in [0.2, 0.25) is 0 Å². The van der Waals surface area contributed by atoms with Gasteiger partial charge in [-0.3, -0.25) is 4.68 Å². The average molecular weight is 274 g/mol. The van der Waals surface area contributed by atoms with Gasteiger partial charge in [-0.15, -0.1) is 0 Å². The molecule has 108 valence electrons. The Balaban J connectivity index is 2.08. The summed E-state index contributed by atoms with van der Waals surface area (Å²) in [5, 5.41) is 14.0. The van der Waals surface area contributed by atoms with Crippen LogP contribution in [-0.4, -0.2) is 14.9 Å². The fourth-order valence-electron chi connectivity index (χ4n) is 2.13. The van der Waals surface area contributed by atoms with E-state index in [1.54, 1.807) is 6.92 Å². The molecule has 0 spiro atoms. The first-order chi connectivity index (χ1) is 9.51. The number of hydrogen-bond donors (Lipinski definition) is 1. The molecule has 1 aromatic carbocycles. The second kappa shape index (κ2) is 6.09. The molecule has 0 saturated heterocycles. The summed E-state index contributed by atoms with van der Waals surface area (Å²) in [5.41, 5.74) is 4.07. The molecule has 1 N–H and O–H groups in total. The van der Waals surface area contributed by atoms with Gasteiger partial charge in [0.15, 0.2) is 0 Å². The number of aryl methyl sites for hydroxylation is 3. The van der Waals surface area contributed by atoms with E-state index in [0.717, 1.165) is 34.7 Å². The van der Waals surface area contributed by atoms with Crippen molar-refractivity contribution in [2.24, 2.45) is 7.05 Å². The van der Waals surface area contributed by atoms with Gasteiger partial charge in [-0.1, -0.05) is 13.0 Å². The Morgan fingerprint density at radius 2 is 2.10 bits per heavy atom. The summed E-state index contributed by atoms with van der Waals surface area (Å²) in [7, 11) is 1.93. The predicted octanol–water partition coefficient (Wildman–Crippen LogP) is 2.92. The maximum absolute atomic E-state index is 9.56. The summed E-state index contributed by atoms with van der Waals surface area (Å²) in [5.74, 6) is 0.841. The van der Waals surface area contributed by atoms with Crippen molar-refractivity contribution in [3.8, 4) is 5.75 Å². The average Bonchev–Trinajstić information content (AvgIpc) is 2.78. The lowest BCUT2D eigenvalue weighted by Crippen LogP contribution is -2.04. The number of rotatable bonds is 5. The van der Waals surface area contributed by atoms with Gasteiger partial charge >= 0.3 is 0 Å². The largest absolute Gasteiger partial charge is 0.487 e. The van der Waals surface area contributed by atoms with Crippen molar-refractivity contribution in [1.29, 1.82) is 0 Å². The van der Waals surface area contributed by atoms with E-state index in [-0.39, 0.29) is 0 Å². The molecule has 0 aliphatic rings. The Labute approximate surface area is 120 Å². The summed E-state index contributed by atoms with van der Waals surface area (Å²) in [6, 6.07) is 7.84. The Morgan fingerprint density at radius 1 is 1.35 bits per heavy atom. The Kier molecular flexibility index (Phi) is 4.45. The monoisotopic (exact) mass is 274 g/mol. The van der Waals surface area contributed by atoms with Gasteiger partial charge in [-0.05, 0) is 49.6 Å². The van der Waals surface area contributed by atoms with E-state index in [0.29, 0.717) is 6.61 Å². The summed E-state index contributed by atoms with van der Waals surface area (Å²) >= 11 is 0. The van der Waals surface area contributed by atoms with Crippen molar-refractivity contribution in [2.75, 3.05) is 0 Å². The second-order valence-electron chi connectivity index (χ2n) is 5.09. The Bertz CT molecular complexity index is 588. The zero-order valence-corrected chi connectivity index (χ0v) is 12.6. The van der Waals surface area contributed by atoms with Crippen molar-refractivity contribution >= 4 is 0 Å². The predicted molar refractivity (Wildman–Crippen MR) is 78.7 cm³/mol. The number of aliphatic hydroxyl groups is 1. The molecule has 0 aliphatic heterocycles. The molecule has 0 saturated carbocycles. The number of ether oxygens (including phenoxy) is 1. The fourth-order valence-corrected chi connectivity index (χ4v) is 2.13. The molecule has 0 aliphatic carbocycles. The molecule has 2 aromatic rings. The first-order valence-electron chi connectivity index (χ1n) is 6.94. The van der Waals surface area contributed by atoms with E-state index in [1.807, 2.05) is 36.9 Å². The van der Waals surface area contributed by atoms with E-state index < -0.39 is 6.10 Å². The van der Waals surface area contributed by atoms with Crippen LogP contribution in [-0.2, 0) is 20.1 Å². The van der Waals surface area contributed by atoms with Gasteiger partial charge in [0, 0.05) is 7.05 Å². The minimum atomic E-state index is -0.452. The van der Waals surface area contributed by atoms with Crippen LogP contribution in [0.1, 0.15) is 42.5 Å². The van der Waals surface area contributed by atoms with Crippen LogP contribution in [0.15, 0.2) is 24.3 Å². The lowest BCUT2D eigenvalue weighted by molar-refractivity contribution is 0.199. The fraction of sp³-hybridized carbons (Fsp3) is 0.438. The molecule has 2 rings (SSSR count). The summed E-state index contributed by atoms with van der Waals surface area (Å²) in [6.07, 6.45) is 0.475. The highest BCUT2D eigenvalue weighted by Gasteiger charge is 2.08. The molecule has 1 unspecified atom stereocenters. The summed E-state index contributed by atoms with van der Waals surface area (Å²) in [6.45, 7) is 6.34. The third kappa shape index (κ3) is 3.20. The van der Waals surface area contributed by atoms with Gasteiger partial charge in [0.1, 0.15) is 12.4 Å². The van der Waals surface area contributed by atoms with E-state index >= 15 is 0 Å². The molecule has 20 heavy (non-hydrogen) atoms. The van der Waals surface area contributed by atoms with Crippen LogP contribution < -0.4 is 4.74 Å². The number of aromatic nitrogens is 2.